The second kappa shape index (κ2) is 6.12. The van der Waals surface area contributed by atoms with Crippen LogP contribution in [0.15, 0.2) is 0 Å². The Kier molecular flexibility index (Phi) is 4.68. The van der Waals surface area contributed by atoms with Gasteiger partial charge in [-0.1, -0.05) is 0 Å². The summed E-state index contributed by atoms with van der Waals surface area (Å²) >= 11 is 0. The predicted octanol–water partition coefficient (Wildman–Crippen LogP) is 0.687. The van der Waals surface area contributed by atoms with Gasteiger partial charge in [0.2, 0.25) is 11.8 Å². The quantitative estimate of drug-likeness (QED) is 0.806. The number of amides is 2. The normalized spacial score (nSPS) is 31.4. The molecule has 2 N–H and O–H groups in total. The molecular formula is C15H27N3O2. The van der Waals surface area contributed by atoms with Crippen molar-refractivity contribution in [3.63, 3.8) is 0 Å². The minimum atomic E-state index is -0.0664. The van der Waals surface area contributed by atoms with Crippen molar-refractivity contribution in [3.05, 3.63) is 0 Å². The van der Waals surface area contributed by atoms with Gasteiger partial charge in [0.05, 0.1) is 12.5 Å². The van der Waals surface area contributed by atoms with Crippen LogP contribution in [0, 0.1) is 17.8 Å². The number of nitrogens with zero attached hydrogens (tertiary/aromatic N) is 2. The Balaban J connectivity index is 1.94. The Morgan fingerprint density at radius 3 is 2.25 bits per heavy atom. The summed E-state index contributed by atoms with van der Waals surface area (Å²) in [6.07, 6.45) is 3.37. The van der Waals surface area contributed by atoms with E-state index in [0.717, 1.165) is 19.3 Å². The van der Waals surface area contributed by atoms with Crippen LogP contribution in [0.1, 0.15) is 33.1 Å². The van der Waals surface area contributed by atoms with E-state index in [1.54, 1.807) is 16.8 Å². The molecule has 2 saturated carbocycles. The molecule has 2 fully saturated rings. The van der Waals surface area contributed by atoms with Crippen LogP contribution in [0.2, 0.25) is 0 Å². The highest BCUT2D eigenvalue weighted by atomic mass is 16.2. The number of carbonyl (C=O) groups is 2. The minimum Gasteiger partial charge on any atom is -0.342 e. The maximum Gasteiger partial charge on any atom is 0.242 e. The van der Waals surface area contributed by atoms with E-state index < -0.39 is 0 Å². The maximum absolute atomic E-state index is 12.6. The zero-order valence-electron chi connectivity index (χ0n) is 12.8. The van der Waals surface area contributed by atoms with Crippen molar-refractivity contribution in [3.8, 4) is 0 Å². The van der Waals surface area contributed by atoms with Gasteiger partial charge in [0.15, 0.2) is 0 Å². The van der Waals surface area contributed by atoms with Gasteiger partial charge in [0.1, 0.15) is 0 Å². The van der Waals surface area contributed by atoms with Gasteiger partial charge in [-0.2, -0.15) is 0 Å². The number of hydrogen-bond acceptors (Lipinski definition) is 3. The summed E-state index contributed by atoms with van der Waals surface area (Å²) in [5.41, 5.74) is 6.20. The Morgan fingerprint density at radius 1 is 1.15 bits per heavy atom. The van der Waals surface area contributed by atoms with E-state index in [-0.39, 0.29) is 30.3 Å². The van der Waals surface area contributed by atoms with Crippen molar-refractivity contribution in [1.29, 1.82) is 0 Å². The van der Waals surface area contributed by atoms with Gasteiger partial charge in [-0.15, -0.1) is 0 Å². The summed E-state index contributed by atoms with van der Waals surface area (Å²) in [5.74, 6) is 0.963. The molecule has 0 heterocycles. The Labute approximate surface area is 121 Å². The number of rotatable bonds is 5. The highest BCUT2D eigenvalue weighted by Crippen LogP contribution is 2.48. The lowest BCUT2D eigenvalue weighted by molar-refractivity contribution is -0.143. The fourth-order valence-corrected chi connectivity index (χ4v) is 3.91. The van der Waals surface area contributed by atoms with Crippen LogP contribution in [0.3, 0.4) is 0 Å². The van der Waals surface area contributed by atoms with Gasteiger partial charge < -0.3 is 15.5 Å². The SMILES string of the molecule is CCN(CC)C(=O)CN(C)C(=O)[C@@H]1[C@H]2CC[C@@H](C2)[C@H]1N. The summed E-state index contributed by atoms with van der Waals surface area (Å²) in [7, 11) is 1.72. The van der Waals surface area contributed by atoms with Crippen LogP contribution < -0.4 is 5.73 Å². The monoisotopic (exact) mass is 281 g/mol. The van der Waals surface area contributed by atoms with E-state index in [4.69, 9.17) is 5.73 Å². The fourth-order valence-electron chi connectivity index (χ4n) is 3.91. The first-order valence-corrected chi connectivity index (χ1v) is 7.77. The van der Waals surface area contributed by atoms with Gasteiger partial charge in [-0.25, -0.2) is 0 Å². The second-order valence-corrected chi connectivity index (χ2v) is 6.20. The molecule has 0 aromatic heterocycles. The molecule has 2 rings (SSSR count). The lowest BCUT2D eigenvalue weighted by Crippen LogP contribution is -2.48. The van der Waals surface area contributed by atoms with Gasteiger partial charge >= 0.3 is 0 Å². The Hall–Kier alpha value is -1.10. The van der Waals surface area contributed by atoms with E-state index in [1.807, 2.05) is 13.8 Å². The average Bonchev–Trinajstić information content (AvgIpc) is 3.00. The minimum absolute atomic E-state index is 0.00717. The number of nitrogens with two attached hydrogens (primary N) is 1. The fraction of sp³-hybridized carbons (Fsp3) is 0.867. The molecule has 0 saturated heterocycles. The summed E-state index contributed by atoms with van der Waals surface area (Å²) in [5, 5.41) is 0. The smallest absolute Gasteiger partial charge is 0.242 e. The summed E-state index contributed by atoms with van der Waals surface area (Å²) in [6.45, 7) is 5.45. The molecule has 2 aliphatic rings. The van der Waals surface area contributed by atoms with Gasteiger partial charge in [0.25, 0.3) is 0 Å². The molecular weight excluding hydrogens is 254 g/mol. The van der Waals surface area contributed by atoms with Gasteiger partial charge in [0, 0.05) is 26.2 Å². The van der Waals surface area contributed by atoms with Crippen LogP contribution in [-0.4, -0.2) is 54.3 Å². The van der Waals surface area contributed by atoms with Crippen LogP contribution in [-0.2, 0) is 9.59 Å². The zero-order valence-corrected chi connectivity index (χ0v) is 12.8. The summed E-state index contributed by atoms with van der Waals surface area (Å²) in [4.78, 5) is 28.0. The summed E-state index contributed by atoms with van der Waals surface area (Å²) < 4.78 is 0. The highest BCUT2D eigenvalue weighted by molar-refractivity contribution is 5.86. The molecule has 5 heteroatoms. The molecule has 20 heavy (non-hydrogen) atoms. The molecule has 0 aromatic carbocycles. The molecule has 0 spiro atoms. The van der Waals surface area contributed by atoms with Crippen LogP contribution in [0.5, 0.6) is 0 Å². The number of hydrogen-bond donors (Lipinski definition) is 1. The van der Waals surface area contributed by atoms with E-state index in [1.165, 1.54) is 0 Å². The third-order valence-electron chi connectivity index (χ3n) is 5.13. The van der Waals surface area contributed by atoms with Crippen molar-refractivity contribution >= 4 is 11.8 Å². The number of fused-ring (bicyclic) bond motifs is 2. The Bertz CT molecular complexity index is 379. The molecule has 2 aliphatic carbocycles. The van der Waals surface area contributed by atoms with Crippen LogP contribution in [0.4, 0.5) is 0 Å². The largest absolute Gasteiger partial charge is 0.342 e. The lowest BCUT2D eigenvalue weighted by atomic mass is 9.84. The van der Waals surface area contributed by atoms with E-state index >= 15 is 0 Å². The first-order valence-electron chi connectivity index (χ1n) is 7.77. The molecule has 0 aliphatic heterocycles. The van der Waals surface area contributed by atoms with Crippen molar-refractivity contribution in [2.24, 2.45) is 23.5 Å². The molecule has 0 unspecified atom stereocenters. The second-order valence-electron chi connectivity index (χ2n) is 6.20. The summed E-state index contributed by atoms with van der Waals surface area (Å²) in [6, 6.07) is -0.00717. The zero-order chi connectivity index (χ0) is 14.9. The van der Waals surface area contributed by atoms with E-state index in [2.05, 4.69) is 0 Å². The lowest BCUT2D eigenvalue weighted by Gasteiger charge is -2.31. The first-order chi connectivity index (χ1) is 9.49. The number of carbonyl (C=O) groups excluding carboxylic acids is 2. The predicted molar refractivity (Wildman–Crippen MR) is 77.9 cm³/mol. The average molecular weight is 281 g/mol. The Morgan fingerprint density at radius 2 is 1.75 bits per heavy atom. The van der Waals surface area contributed by atoms with Gasteiger partial charge in [-0.05, 0) is 44.9 Å². The standard InChI is InChI=1S/C15H27N3O2/c1-4-18(5-2)12(19)9-17(3)15(20)13-10-6-7-11(8-10)14(13)16/h10-11,13-14H,4-9,16H2,1-3H3/t10-,11-,13+,14+/m0/s1. The number of likely N-dealkylation sites (N-methyl/N-ethyl adjacent to an activating group) is 2. The third-order valence-corrected chi connectivity index (χ3v) is 5.13. The molecule has 114 valence electrons. The molecule has 5 nitrogen and oxygen atoms in total. The molecule has 0 aromatic rings. The topological polar surface area (TPSA) is 66.6 Å². The van der Waals surface area contributed by atoms with Crippen molar-refractivity contribution in [2.45, 2.75) is 39.2 Å². The molecule has 4 atom stereocenters. The molecule has 2 amide bonds. The highest BCUT2D eigenvalue weighted by Gasteiger charge is 2.49. The van der Waals surface area contributed by atoms with Crippen LogP contribution in [0.25, 0.3) is 0 Å². The molecule has 0 radical (unpaired) electrons. The van der Waals surface area contributed by atoms with E-state index in [0.29, 0.717) is 24.9 Å². The van der Waals surface area contributed by atoms with Crippen molar-refractivity contribution in [2.75, 3.05) is 26.7 Å². The van der Waals surface area contributed by atoms with Crippen molar-refractivity contribution < 1.29 is 9.59 Å². The van der Waals surface area contributed by atoms with E-state index in [9.17, 15) is 9.59 Å². The van der Waals surface area contributed by atoms with Gasteiger partial charge in [-0.3, -0.25) is 9.59 Å². The van der Waals surface area contributed by atoms with Crippen LogP contribution >= 0.6 is 0 Å². The first kappa shape index (κ1) is 15.3. The van der Waals surface area contributed by atoms with Crippen molar-refractivity contribution in [1.82, 2.24) is 9.80 Å². The molecule has 2 bridgehead atoms. The maximum atomic E-state index is 12.6. The third kappa shape index (κ3) is 2.68.